The molecule has 0 unspecified atom stereocenters. The van der Waals surface area contributed by atoms with Crippen molar-refractivity contribution < 1.29 is 0 Å². The second-order valence-electron chi connectivity index (χ2n) is 17.8. The van der Waals surface area contributed by atoms with E-state index in [1.54, 1.807) is 0 Å². The number of hydrogen-bond acceptors (Lipinski definition) is 2. The molecule has 11 aromatic rings. The fraction of sp³-hybridized carbons (Fsp3) is 0.0645. The van der Waals surface area contributed by atoms with Crippen molar-refractivity contribution in [3.63, 3.8) is 0 Å². The largest absolute Gasteiger partial charge is 0.308 e. The summed E-state index contributed by atoms with van der Waals surface area (Å²) in [6, 6.07) is 82.7. The first kappa shape index (κ1) is 39.7. The molecule has 0 N–H and O–H groups in total. The molecule has 3 heteroatoms. The minimum atomic E-state index is -0.209. The Morgan fingerprint density at radius 1 is 0.338 bits per heavy atom. The molecule has 0 amide bonds. The number of aromatic nitrogens is 3. The molecular formula is C62H47N3. The van der Waals surface area contributed by atoms with Crippen LogP contribution in [0.15, 0.2) is 231 Å². The van der Waals surface area contributed by atoms with Crippen LogP contribution < -0.4 is 0 Å². The second-order valence-corrected chi connectivity index (χ2v) is 17.8. The zero-order chi connectivity index (χ0) is 43.9. The van der Waals surface area contributed by atoms with Crippen molar-refractivity contribution in [3.05, 3.63) is 236 Å². The molecule has 0 spiro atoms. The number of hydrogen-bond donors (Lipinski definition) is 0. The van der Waals surface area contributed by atoms with Crippen LogP contribution in [0.25, 0.3) is 106 Å². The zero-order valence-corrected chi connectivity index (χ0v) is 36.8. The number of benzene rings is 9. The maximum absolute atomic E-state index is 5.37. The molecule has 0 fully saturated rings. The lowest BCUT2D eigenvalue weighted by Gasteiger charge is -2.26. The molecule has 0 saturated heterocycles. The van der Waals surface area contributed by atoms with E-state index in [0.29, 0.717) is 5.82 Å². The molecule has 3 nitrogen and oxygen atoms in total. The third-order valence-electron chi connectivity index (χ3n) is 12.5. The van der Waals surface area contributed by atoms with Crippen LogP contribution in [0.1, 0.15) is 26.3 Å². The van der Waals surface area contributed by atoms with Gasteiger partial charge < -0.3 is 4.57 Å². The van der Waals surface area contributed by atoms with Gasteiger partial charge in [-0.2, -0.15) is 0 Å². The van der Waals surface area contributed by atoms with Crippen molar-refractivity contribution in [2.45, 2.75) is 26.2 Å². The molecule has 11 rings (SSSR count). The van der Waals surface area contributed by atoms with Crippen LogP contribution in [-0.4, -0.2) is 14.5 Å². The van der Waals surface area contributed by atoms with Gasteiger partial charge in [0.1, 0.15) is 0 Å². The van der Waals surface area contributed by atoms with Crippen LogP contribution in [0, 0.1) is 0 Å². The highest BCUT2D eigenvalue weighted by molar-refractivity contribution is 6.14. The Bertz CT molecular complexity index is 3340. The summed E-state index contributed by atoms with van der Waals surface area (Å²) in [4.78, 5) is 10.5. The molecular weight excluding hydrogens is 787 g/mol. The van der Waals surface area contributed by atoms with Crippen LogP contribution >= 0.6 is 0 Å². The summed E-state index contributed by atoms with van der Waals surface area (Å²) in [6.45, 7) is 7.03. The van der Waals surface area contributed by atoms with Crippen molar-refractivity contribution in [1.29, 1.82) is 0 Å². The van der Waals surface area contributed by atoms with E-state index in [1.165, 1.54) is 44.1 Å². The molecule has 2 aromatic heterocycles. The lowest BCUT2D eigenvalue weighted by molar-refractivity contribution is 0.594. The van der Waals surface area contributed by atoms with Gasteiger partial charge in [0.25, 0.3) is 0 Å². The van der Waals surface area contributed by atoms with Crippen molar-refractivity contribution >= 4 is 21.8 Å². The Morgan fingerprint density at radius 3 is 1.28 bits per heavy atom. The van der Waals surface area contributed by atoms with Gasteiger partial charge in [0.2, 0.25) is 0 Å². The quantitative estimate of drug-likeness (QED) is 0.153. The highest BCUT2D eigenvalue weighted by Crippen LogP contribution is 2.48. The van der Waals surface area contributed by atoms with E-state index in [1.807, 2.05) is 24.3 Å². The summed E-state index contributed by atoms with van der Waals surface area (Å²) in [5.74, 6) is 0.689. The zero-order valence-electron chi connectivity index (χ0n) is 36.8. The van der Waals surface area contributed by atoms with Gasteiger partial charge in [-0.1, -0.05) is 209 Å². The number of fused-ring (bicyclic) bond motifs is 3. The van der Waals surface area contributed by atoms with Crippen molar-refractivity contribution in [2.24, 2.45) is 0 Å². The summed E-state index contributed by atoms with van der Waals surface area (Å²) in [5, 5.41) is 2.43. The van der Waals surface area contributed by atoms with Crippen LogP contribution in [-0.2, 0) is 5.41 Å². The SMILES string of the molecule is CC(C)(C)c1cc(-c2ccccc2)cc2c3cc(-c4ccccc4)ccc3n(-c3c(-c4ccccc4)cc(-c4cc(-c5ccccc5)nc(-c5ccccc5)n4)cc3-c3ccccc3)c12. The predicted octanol–water partition coefficient (Wildman–Crippen LogP) is 16.5. The number of rotatable bonds is 8. The van der Waals surface area contributed by atoms with Crippen LogP contribution in [0.4, 0.5) is 0 Å². The van der Waals surface area contributed by atoms with Gasteiger partial charge in [-0.15, -0.1) is 0 Å². The fourth-order valence-corrected chi connectivity index (χ4v) is 9.33. The standard InChI is InChI=1S/C62H47N3/c1-62(2,3)55-40-49(43-24-12-5-13-25-43)37-54-53-36-48(42-22-10-4-11-23-42)34-35-58(53)65(60(54)55)59-51(44-26-14-6-15-27-44)38-50(39-52(59)45-28-16-7-17-29-45)57-41-56(46-30-18-8-19-31-46)63-61(64-57)47-32-20-9-21-33-47/h4-41H,1-3H3. The monoisotopic (exact) mass is 833 g/mol. The lowest BCUT2D eigenvalue weighted by Crippen LogP contribution is -2.14. The van der Waals surface area contributed by atoms with Crippen LogP contribution in [0.2, 0.25) is 0 Å². The van der Waals surface area contributed by atoms with Gasteiger partial charge in [0.05, 0.1) is 28.1 Å². The average Bonchev–Trinajstić information content (AvgIpc) is 3.70. The average molecular weight is 834 g/mol. The molecule has 0 atom stereocenters. The van der Waals surface area contributed by atoms with Gasteiger partial charge in [-0.3, -0.25) is 0 Å². The maximum atomic E-state index is 5.37. The Balaban J connectivity index is 1.29. The Kier molecular flexibility index (Phi) is 10.1. The number of nitrogens with zero attached hydrogens (tertiary/aromatic N) is 3. The summed E-state index contributed by atoms with van der Waals surface area (Å²) in [6.07, 6.45) is 0. The molecule has 310 valence electrons. The molecule has 0 aliphatic carbocycles. The minimum Gasteiger partial charge on any atom is -0.308 e. The lowest BCUT2D eigenvalue weighted by atomic mass is 9.83. The molecule has 65 heavy (non-hydrogen) atoms. The highest BCUT2D eigenvalue weighted by atomic mass is 15.0. The Morgan fingerprint density at radius 2 is 0.769 bits per heavy atom. The third-order valence-corrected chi connectivity index (χ3v) is 12.5. The normalized spacial score (nSPS) is 11.6. The van der Waals surface area contributed by atoms with Crippen LogP contribution in [0.5, 0.6) is 0 Å². The predicted molar refractivity (Wildman–Crippen MR) is 273 cm³/mol. The van der Waals surface area contributed by atoms with Crippen molar-refractivity contribution in [1.82, 2.24) is 14.5 Å². The third kappa shape index (κ3) is 7.51. The van der Waals surface area contributed by atoms with Gasteiger partial charge in [0.15, 0.2) is 5.82 Å². The van der Waals surface area contributed by atoms with Gasteiger partial charge in [-0.05, 0) is 86.8 Å². The van der Waals surface area contributed by atoms with E-state index in [9.17, 15) is 0 Å². The summed E-state index contributed by atoms with van der Waals surface area (Å²) in [5.41, 5.74) is 18.6. The van der Waals surface area contributed by atoms with E-state index in [0.717, 1.165) is 61.5 Å². The molecule has 0 aliphatic heterocycles. The van der Waals surface area contributed by atoms with E-state index in [4.69, 9.17) is 9.97 Å². The van der Waals surface area contributed by atoms with Crippen LogP contribution in [0.3, 0.4) is 0 Å². The minimum absolute atomic E-state index is 0.209. The second kappa shape index (κ2) is 16.5. The summed E-state index contributed by atoms with van der Waals surface area (Å²) >= 11 is 0. The van der Waals surface area contributed by atoms with Gasteiger partial charge in [-0.25, -0.2) is 9.97 Å². The van der Waals surface area contributed by atoms with E-state index in [-0.39, 0.29) is 5.41 Å². The van der Waals surface area contributed by atoms with Crippen molar-refractivity contribution in [2.75, 3.05) is 0 Å². The summed E-state index contributed by atoms with van der Waals surface area (Å²) < 4.78 is 2.58. The van der Waals surface area contributed by atoms with Gasteiger partial charge in [0, 0.05) is 38.6 Å². The van der Waals surface area contributed by atoms with E-state index >= 15 is 0 Å². The molecule has 0 radical (unpaired) electrons. The summed E-state index contributed by atoms with van der Waals surface area (Å²) in [7, 11) is 0. The smallest absolute Gasteiger partial charge is 0.160 e. The van der Waals surface area contributed by atoms with E-state index in [2.05, 4.69) is 232 Å². The molecule has 0 aliphatic rings. The topological polar surface area (TPSA) is 30.7 Å². The highest BCUT2D eigenvalue weighted by Gasteiger charge is 2.28. The Labute approximate surface area is 381 Å². The van der Waals surface area contributed by atoms with E-state index < -0.39 is 0 Å². The van der Waals surface area contributed by atoms with Gasteiger partial charge >= 0.3 is 0 Å². The fourth-order valence-electron chi connectivity index (χ4n) is 9.33. The maximum Gasteiger partial charge on any atom is 0.160 e. The van der Waals surface area contributed by atoms with Crippen molar-refractivity contribution in [3.8, 4) is 84.1 Å². The first-order chi connectivity index (χ1) is 31.9. The molecule has 0 bridgehead atoms. The molecule has 9 aromatic carbocycles. The molecule has 0 saturated carbocycles. The first-order valence-electron chi connectivity index (χ1n) is 22.4. The Hall–Kier alpha value is -8.14. The molecule has 2 heterocycles. The first-order valence-corrected chi connectivity index (χ1v) is 22.4.